The molecule has 144 valence electrons. The van der Waals surface area contributed by atoms with Crippen LogP contribution >= 0.6 is 35.3 Å². The van der Waals surface area contributed by atoms with Crippen LogP contribution in [-0.4, -0.2) is 31.7 Å². The van der Waals surface area contributed by atoms with Crippen LogP contribution < -0.4 is 20.1 Å². The molecule has 1 aromatic heterocycles. The highest BCUT2D eigenvalue weighted by Crippen LogP contribution is 2.29. The standard InChI is InChI=1S/C18H26N4O2S.HI/c1-6-19-18(21-11-17-20-10-12(2)25-17)22-13(3)15-9-14(23-4)7-8-16(15)24-5;/h7-10,13H,6,11H2,1-5H3,(H2,19,21,22);1H. The molecule has 0 radical (unpaired) electrons. The maximum atomic E-state index is 5.48. The highest BCUT2D eigenvalue weighted by Gasteiger charge is 2.14. The van der Waals surface area contributed by atoms with Gasteiger partial charge >= 0.3 is 0 Å². The number of ether oxygens (including phenoxy) is 2. The van der Waals surface area contributed by atoms with Crippen LogP contribution in [0.2, 0.25) is 0 Å². The molecule has 0 aliphatic carbocycles. The predicted octanol–water partition coefficient (Wildman–Crippen LogP) is 3.90. The molecular formula is C18H27IN4O2S. The van der Waals surface area contributed by atoms with Gasteiger partial charge in [-0.25, -0.2) is 9.98 Å². The van der Waals surface area contributed by atoms with Crippen molar-refractivity contribution >= 4 is 41.3 Å². The molecule has 8 heteroatoms. The van der Waals surface area contributed by atoms with Crippen molar-refractivity contribution in [1.82, 2.24) is 15.6 Å². The molecule has 26 heavy (non-hydrogen) atoms. The van der Waals surface area contributed by atoms with E-state index in [0.29, 0.717) is 6.54 Å². The van der Waals surface area contributed by atoms with Gasteiger partial charge in [0, 0.05) is 23.2 Å². The summed E-state index contributed by atoms with van der Waals surface area (Å²) in [6.07, 6.45) is 1.87. The van der Waals surface area contributed by atoms with E-state index in [9.17, 15) is 0 Å². The zero-order valence-corrected chi connectivity index (χ0v) is 19.0. The lowest BCUT2D eigenvalue weighted by Crippen LogP contribution is -2.38. The van der Waals surface area contributed by atoms with Gasteiger partial charge in [-0.05, 0) is 39.0 Å². The fraction of sp³-hybridized carbons (Fsp3) is 0.444. The fourth-order valence-electron chi connectivity index (χ4n) is 2.40. The quantitative estimate of drug-likeness (QED) is 0.350. The summed E-state index contributed by atoms with van der Waals surface area (Å²) >= 11 is 1.66. The Kier molecular flexibility index (Phi) is 9.71. The van der Waals surface area contributed by atoms with Crippen LogP contribution in [-0.2, 0) is 6.54 Å². The van der Waals surface area contributed by atoms with Crippen molar-refractivity contribution in [3.05, 3.63) is 39.8 Å². The molecule has 1 unspecified atom stereocenters. The third-order valence-corrected chi connectivity index (χ3v) is 4.54. The molecular weight excluding hydrogens is 463 g/mol. The van der Waals surface area contributed by atoms with Crippen LogP contribution in [0.4, 0.5) is 0 Å². The van der Waals surface area contributed by atoms with Crippen molar-refractivity contribution in [3.8, 4) is 11.5 Å². The number of guanidine groups is 1. The van der Waals surface area contributed by atoms with Gasteiger partial charge < -0.3 is 20.1 Å². The van der Waals surface area contributed by atoms with Crippen molar-refractivity contribution in [2.24, 2.45) is 4.99 Å². The molecule has 0 spiro atoms. The third-order valence-electron chi connectivity index (χ3n) is 3.64. The molecule has 1 aromatic carbocycles. The van der Waals surface area contributed by atoms with Crippen molar-refractivity contribution < 1.29 is 9.47 Å². The van der Waals surface area contributed by atoms with E-state index in [1.807, 2.05) is 38.2 Å². The minimum Gasteiger partial charge on any atom is -0.497 e. The molecule has 0 fully saturated rings. The van der Waals surface area contributed by atoms with Crippen LogP contribution in [0.5, 0.6) is 11.5 Å². The molecule has 0 amide bonds. The van der Waals surface area contributed by atoms with Crippen LogP contribution in [0.3, 0.4) is 0 Å². The monoisotopic (exact) mass is 490 g/mol. The van der Waals surface area contributed by atoms with Crippen LogP contribution in [0.1, 0.15) is 35.3 Å². The minimum atomic E-state index is 0. The number of rotatable bonds is 7. The van der Waals surface area contributed by atoms with Crippen molar-refractivity contribution in [3.63, 3.8) is 0 Å². The first-order valence-electron chi connectivity index (χ1n) is 8.25. The van der Waals surface area contributed by atoms with Gasteiger partial charge in [0.05, 0.1) is 26.8 Å². The number of hydrogen-bond donors (Lipinski definition) is 2. The molecule has 6 nitrogen and oxygen atoms in total. The topological polar surface area (TPSA) is 67.8 Å². The van der Waals surface area contributed by atoms with Gasteiger partial charge in [-0.2, -0.15) is 0 Å². The second kappa shape index (κ2) is 11.2. The lowest BCUT2D eigenvalue weighted by molar-refractivity contribution is 0.394. The second-order valence-corrected chi connectivity index (χ2v) is 6.85. The third kappa shape index (κ3) is 6.31. The molecule has 2 aromatic rings. The highest BCUT2D eigenvalue weighted by molar-refractivity contribution is 14.0. The van der Waals surface area contributed by atoms with E-state index in [4.69, 9.17) is 9.47 Å². The Morgan fingerprint density at radius 2 is 2.08 bits per heavy atom. The van der Waals surface area contributed by atoms with Crippen molar-refractivity contribution in [1.29, 1.82) is 0 Å². The first kappa shape index (κ1) is 22.5. The summed E-state index contributed by atoms with van der Waals surface area (Å²) in [6.45, 7) is 7.49. The zero-order chi connectivity index (χ0) is 18.2. The number of nitrogens with zero attached hydrogens (tertiary/aromatic N) is 2. The van der Waals surface area contributed by atoms with Gasteiger partial charge in [-0.3, -0.25) is 0 Å². The summed E-state index contributed by atoms with van der Waals surface area (Å²) < 4.78 is 10.8. The number of thiazole rings is 1. The molecule has 0 aliphatic heterocycles. The van der Waals surface area contributed by atoms with Gasteiger partial charge in [0.1, 0.15) is 16.5 Å². The SMILES string of the molecule is CCNC(=NCc1ncc(C)s1)NC(C)c1cc(OC)ccc1OC.I. The second-order valence-electron chi connectivity index (χ2n) is 5.53. The number of aromatic nitrogens is 1. The van der Waals surface area contributed by atoms with Gasteiger partial charge in [0.2, 0.25) is 0 Å². The Bertz CT molecular complexity index is 721. The molecule has 0 saturated carbocycles. The Balaban J connectivity index is 0.00000338. The van der Waals surface area contributed by atoms with Crippen LogP contribution in [0.25, 0.3) is 0 Å². The number of methoxy groups -OCH3 is 2. The molecule has 2 N–H and O–H groups in total. The number of benzene rings is 1. The predicted molar refractivity (Wildman–Crippen MR) is 118 cm³/mol. The maximum Gasteiger partial charge on any atom is 0.192 e. The molecule has 1 atom stereocenters. The molecule has 2 rings (SSSR count). The summed E-state index contributed by atoms with van der Waals surface area (Å²) in [5, 5.41) is 7.69. The van der Waals surface area contributed by atoms with E-state index in [-0.39, 0.29) is 30.0 Å². The van der Waals surface area contributed by atoms with Crippen molar-refractivity contribution in [2.75, 3.05) is 20.8 Å². The first-order chi connectivity index (χ1) is 12.1. The first-order valence-corrected chi connectivity index (χ1v) is 9.07. The Hall–Kier alpha value is -1.55. The Morgan fingerprint density at radius 3 is 2.65 bits per heavy atom. The number of aliphatic imine (C=N–C) groups is 1. The average Bonchev–Trinajstić information content (AvgIpc) is 3.04. The zero-order valence-electron chi connectivity index (χ0n) is 15.8. The maximum absolute atomic E-state index is 5.48. The molecule has 0 bridgehead atoms. The lowest BCUT2D eigenvalue weighted by Gasteiger charge is -2.20. The molecule has 1 heterocycles. The van der Waals surface area contributed by atoms with Gasteiger partial charge in [-0.15, -0.1) is 35.3 Å². The summed E-state index contributed by atoms with van der Waals surface area (Å²) in [6, 6.07) is 5.78. The summed E-state index contributed by atoms with van der Waals surface area (Å²) in [7, 11) is 3.33. The molecule has 0 saturated heterocycles. The summed E-state index contributed by atoms with van der Waals surface area (Å²) in [5.74, 6) is 2.35. The fourth-order valence-corrected chi connectivity index (χ4v) is 3.11. The van der Waals surface area contributed by atoms with Crippen LogP contribution in [0, 0.1) is 6.92 Å². The van der Waals surface area contributed by atoms with E-state index in [2.05, 4.69) is 27.5 Å². The van der Waals surface area contributed by atoms with E-state index < -0.39 is 0 Å². The smallest absolute Gasteiger partial charge is 0.192 e. The van der Waals surface area contributed by atoms with E-state index >= 15 is 0 Å². The van der Waals surface area contributed by atoms with Crippen LogP contribution in [0.15, 0.2) is 29.4 Å². The van der Waals surface area contributed by atoms with Crippen molar-refractivity contribution in [2.45, 2.75) is 33.4 Å². The number of hydrogen-bond acceptors (Lipinski definition) is 5. The Morgan fingerprint density at radius 1 is 1.31 bits per heavy atom. The van der Waals surface area contributed by atoms with E-state index in [1.165, 1.54) is 4.88 Å². The Labute approximate surface area is 176 Å². The number of nitrogens with one attached hydrogen (secondary N) is 2. The van der Waals surface area contributed by atoms with Gasteiger partial charge in [-0.1, -0.05) is 0 Å². The highest BCUT2D eigenvalue weighted by atomic mass is 127. The largest absolute Gasteiger partial charge is 0.497 e. The number of halogens is 1. The molecule has 0 aliphatic rings. The number of aryl methyl sites for hydroxylation is 1. The van der Waals surface area contributed by atoms with E-state index in [0.717, 1.165) is 34.6 Å². The van der Waals surface area contributed by atoms with Gasteiger partial charge in [0.25, 0.3) is 0 Å². The lowest BCUT2D eigenvalue weighted by atomic mass is 10.1. The summed E-state index contributed by atoms with van der Waals surface area (Å²) in [4.78, 5) is 10.2. The minimum absolute atomic E-state index is 0. The van der Waals surface area contributed by atoms with E-state index in [1.54, 1.807) is 25.6 Å². The van der Waals surface area contributed by atoms with Gasteiger partial charge in [0.15, 0.2) is 5.96 Å². The average molecular weight is 490 g/mol. The normalized spacial score (nSPS) is 12.1. The summed E-state index contributed by atoms with van der Waals surface area (Å²) in [5.41, 5.74) is 1.01.